The molecule has 0 saturated carbocycles. The highest BCUT2D eigenvalue weighted by atomic mass is 15.1. The second-order valence-electron chi connectivity index (χ2n) is 18.3. The van der Waals surface area contributed by atoms with Crippen LogP contribution in [0.1, 0.15) is 22.3 Å². The average Bonchev–Trinajstić information content (AvgIpc) is 3.75. The van der Waals surface area contributed by atoms with Crippen molar-refractivity contribution in [2.24, 2.45) is 0 Å². The van der Waals surface area contributed by atoms with Crippen LogP contribution in [0.4, 0.5) is 17.1 Å². The van der Waals surface area contributed by atoms with Crippen molar-refractivity contribution in [3.63, 3.8) is 0 Å². The minimum atomic E-state index is -0.565. The molecule has 0 spiro atoms. The van der Waals surface area contributed by atoms with Gasteiger partial charge in [0.2, 0.25) is 0 Å². The Labute approximate surface area is 409 Å². The van der Waals surface area contributed by atoms with Crippen LogP contribution in [0.3, 0.4) is 0 Å². The molecular weight excluding hydrogens is 843 g/mol. The summed E-state index contributed by atoms with van der Waals surface area (Å²) < 4.78 is 0. The second-order valence-corrected chi connectivity index (χ2v) is 18.3. The molecule has 328 valence electrons. The van der Waals surface area contributed by atoms with Crippen LogP contribution in [0.15, 0.2) is 285 Å². The monoisotopic (exact) mass is 889 g/mol. The first-order chi connectivity index (χ1) is 34.8. The third-order valence-electron chi connectivity index (χ3n) is 14.5. The summed E-state index contributed by atoms with van der Waals surface area (Å²) in [6.07, 6.45) is 0. The van der Waals surface area contributed by atoms with Crippen molar-refractivity contribution in [1.82, 2.24) is 0 Å². The zero-order chi connectivity index (χ0) is 46.4. The summed E-state index contributed by atoms with van der Waals surface area (Å²) in [6.45, 7) is 0. The van der Waals surface area contributed by atoms with E-state index in [4.69, 9.17) is 0 Å². The summed E-state index contributed by atoms with van der Waals surface area (Å²) in [4.78, 5) is 2.55. The normalized spacial score (nSPS) is 12.4. The van der Waals surface area contributed by atoms with E-state index in [-0.39, 0.29) is 0 Å². The van der Waals surface area contributed by atoms with Gasteiger partial charge < -0.3 is 4.90 Å². The van der Waals surface area contributed by atoms with Gasteiger partial charge in [-0.05, 0) is 130 Å². The van der Waals surface area contributed by atoms with Crippen LogP contribution in [0.2, 0.25) is 0 Å². The van der Waals surface area contributed by atoms with Gasteiger partial charge >= 0.3 is 0 Å². The van der Waals surface area contributed by atoms with Crippen molar-refractivity contribution in [3.8, 4) is 55.6 Å². The molecule has 0 amide bonds. The number of hydrogen-bond donors (Lipinski definition) is 0. The molecule has 0 fully saturated rings. The van der Waals surface area contributed by atoms with Gasteiger partial charge in [0.05, 0.1) is 11.1 Å². The van der Waals surface area contributed by atoms with Gasteiger partial charge in [-0.1, -0.05) is 249 Å². The zero-order valence-corrected chi connectivity index (χ0v) is 38.6. The molecule has 0 N–H and O–H groups in total. The van der Waals surface area contributed by atoms with Crippen molar-refractivity contribution in [1.29, 1.82) is 0 Å². The number of hydrogen-bond acceptors (Lipinski definition) is 1. The average molecular weight is 890 g/mol. The molecule has 0 aromatic heterocycles. The third-order valence-corrected chi connectivity index (χ3v) is 14.5. The summed E-state index contributed by atoms with van der Waals surface area (Å²) in [5.41, 5.74) is 19.7. The molecule has 0 heterocycles. The van der Waals surface area contributed by atoms with Crippen LogP contribution in [0.25, 0.3) is 77.2 Å². The fourth-order valence-corrected chi connectivity index (χ4v) is 11.5. The van der Waals surface area contributed by atoms with Gasteiger partial charge in [0, 0.05) is 16.9 Å². The topological polar surface area (TPSA) is 3.24 Å². The molecule has 0 radical (unpaired) electrons. The standard InChI is InChI=1S/C69H47N/c1-7-24-48(25-8-1)52-44-53(49-26-9-2-10-27-49)46-57(45-52)70(65-41-23-40-64-68(65)61-38-21-22-39-63(61)69(64,54-32-15-5-16-33-54)55-34-17-6-18-35-55)56-42-43-59-58-36-19-20-37-60(58)66(50-28-11-3-12-29-50)67(62(59)47-56)51-30-13-4-14-31-51/h1-47H. The molecule has 1 nitrogen and oxygen atoms in total. The maximum Gasteiger partial charge on any atom is 0.0714 e. The number of anilines is 3. The fourth-order valence-electron chi connectivity index (χ4n) is 11.5. The lowest BCUT2D eigenvalue weighted by Crippen LogP contribution is -2.28. The molecule has 12 aromatic rings. The molecule has 1 aliphatic rings. The molecule has 12 aromatic carbocycles. The number of nitrogens with zero attached hydrogens (tertiary/aromatic N) is 1. The minimum absolute atomic E-state index is 0.565. The Hall–Kier alpha value is -9.04. The molecular formula is C69H47N. The molecule has 1 aliphatic carbocycles. The Balaban J connectivity index is 1.17. The van der Waals surface area contributed by atoms with Crippen molar-refractivity contribution in [2.75, 3.05) is 4.90 Å². The van der Waals surface area contributed by atoms with Gasteiger partial charge in [-0.15, -0.1) is 0 Å². The van der Waals surface area contributed by atoms with E-state index >= 15 is 0 Å². The first kappa shape index (κ1) is 41.2. The van der Waals surface area contributed by atoms with Crippen molar-refractivity contribution in [2.45, 2.75) is 5.41 Å². The van der Waals surface area contributed by atoms with Gasteiger partial charge in [0.15, 0.2) is 0 Å². The van der Waals surface area contributed by atoms with Crippen LogP contribution in [-0.2, 0) is 5.41 Å². The van der Waals surface area contributed by atoms with E-state index in [1.165, 1.54) is 88.3 Å². The number of fused-ring (bicyclic) bond motifs is 6. The smallest absolute Gasteiger partial charge is 0.0714 e. The van der Waals surface area contributed by atoms with Crippen LogP contribution < -0.4 is 4.90 Å². The Morgan fingerprint density at radius 3 is 1.26 bits per heavy atom. The van der Waals surface area contributed by atoms with Crippen molar-refractivity contribution in [3.05, 3.63) is 307 Å². The molecule has 0 bridgehead atoms. The Morgan fingerprint density at radius 2 is 0.686 bits per heavy atom. The maximum atomic E-state index is 2.55. The lowest BCUT2D eigenvalue weighted by molar-refractivity contribution is 0.768. The third kappa shape index (κ3) is 6.70. The largest absolute Gasteiger partial charge is 0.310 e. The van der Waals surface area contributed by atoms with E-state index in [1.54, 1.807) is 0 Å². The first-order valence-electron chi connectivity index (χ1n) is 24.3. The first-order valence-corrected chi connectivity index (χ1v) is 24.3. The van der Waals surface area contributed by atoms with Crippen LogP contribution in [0, 0.1) is 0 Å². The summed E-state index contributed by atoms with van der Waals surface area (Å²) in [7, 11) is 0. The molecule has 0 unspecified atom stereocenters. The molecule has 0 aliphatic heterocycles. The Morgan fingerprint density at radius 1 is 0.243 bits per heavy atom. The SMILES string of the molecule is c1ccc(-c2cc(-c3ccccc3)cc(N(c3ccc4c(c3)c(-c3ccccc3)c(-c3ccccc3)c3ccccc34)c3cccc4c3-c3ccccc3C4(c3ccccc3)c3ccccc3)c2)cc1. The van der Waals surface area contributed by atoms with Gasteiger partial charge in [-0.3, -0.25) is 0 Å². The summed E-state index contributed by atoms with van der Waals surface area (Å²) >= 11 is 0. The maximum absolute atomic E-state index is 2.55. The van der Waals surface area contributed by atoms with Gasteiger partial charge in [-0.2, -0.15) is 0 Å². The van der Waals surface area contributed by atoms with Crippen molar-refractivity contribution >= 4 is 38.6 Å². The minimum Gasteiger partial charge on any atom is -0.310 e. The van der Waals surface area contributed by atoms with Gasteiger partial charge in [0.25, 0.3) is 0 Å². The lowest BCUT2D eigenvalue weighted by atomic mass is 9.68. The predicted octanol–water partition coefficient (Wildman–Crippen LogP) is 18.5. The quantitative estimate of drug-likeness (QED) is 0.131. The highest BCUT2D eigenvalue weighted by Crippen LogP contribution is 2.60. The highest BCUT2D eigenvalue weighted by molar-refractivity contribution is 6.22. The summed E-state index contributed by atoms with van der Waals surface area (Å²) in [5.74, 6) is 0. The fraction of sp³-hybridized carbons (Fsp3) is 0.0145. The molecule has 1 heteroatoms. The van der Waals surface area contributed by atoms with E-state index in [1.807, 2.05) is 0 Å². The van der Waals surface area contributed by atoms with E-state index in [2.05, 4.69) is 290 Å². The molecule has 0 atom stereocenters. The molecule has 70 heavy (non-hydrogen) atoms. The van der Waals surface area contributed by atoms with Gasteiger partial charge in [0.1, 0.15) is 0 Å². The summed E-state index contributed by atoms with van der Waals surface area (Å²) in [5, 5.41) is 4.89. The van der Waals surface area contributed by atoms with Crippen LogP contribution >= 0.6 is 0 Å². The van der Waals surface area contributed by atoms with E-state index in [9.17, 15) is 0 Å². The van der Waals surface area contributed by atoms with Gasteiger partial charge in [-0.25, -0.2) is 0 Å². The van der Waals surface area contributed by atoms with Crippen molar-refractivity contribution < 1.29 is 0 Å². The van der Waals surface area contributed by atoms with Crippen LogP contribution in [0.5, 0.6) is 0 Å². The Bertz CT molecular complexity index is 3750. The summed E-state index contributed by atoms with van der Waals surface area (Å²) in [6, 6.07) is 105. The molecule has 13 rings (SSSR count). The highest BCUT2D eigenvalue weighted by Gasteiger charge is 2.47. The second kappa shape index (κ2) is 17.2. The van der Waals surface area contributed by atoms with E-state index in [0.29, 0.717) is 0 Å². The Kier molecular flexibility index (Phi) is 10.1. The van der Waals surface area contributed by atoms with E-state index < -0.39 is 5.41 Å². The zero-order valence-electron chi connectivity index (χ0n) is 38.6. The van der Waals surface area contributed by atoms with Crippen LogP contribution in [-0.4, -0.2) is 0 Å². The molecule has 0 saturated heterocycles. The predicted molar refractivity (Wildman–Crippen MR) is 295 cm³/mol. The number of benzene rings is 12. The lowest BCUT2D eigenvalue weighted by Gasteiger charge is -2.34. The number of rotatable bonds is 9. The van der Waals surface area contributed by atoms with E-state index in [0.717, 1.165) is 28.2 Å².